The predicted octanol–water partition coefficient (Wildman–Crippen LogP) is 2.45. The lowest BCUT2D eigenvalue weighted by Gasteiger charge is -2.16. The van der Waals surface area contributed by atoms with Crippen LogP contribution >= 0.6 is 11.6 Å². The minimum Gasteiger partial charge on any atom is -0.394 e. The highest BCUT2D eigenvalue weighted by atomic mass is 35.5. The molecule has 0 aliphatic carbocycles. The Kier molecular flexibility index (Phi) is 5.40. The van der Waals surface area contributed by atoms with Crippen LogP contribution in [0, 0.1) is 0 Å². The Bertz CT molecular complexity index is 311. The molecule has 1 rings (SSSR count). The molecule has 0 fully saturated rings. The van der Waals surface area contributed by atoms with Gasteiger partial charge < -0.3 is 10.4 Å². The minimum atomic E-state index is -0.0298. The van der Waals surface area contributed by atoms with E-state index in [-0.39, 0.29) is 12.6 Å². The second-order valence-corrected chi connectivity index (χ2v) is 3.70. The summed E-state index contributed by atoms with van der Waals surface area (Å²) < 4.78 is 0. The Morgan fingerprint density at radius 2 is 2.13 bits per heavy atom. The SMILES string of the molecule is C/C(=C/Cl)CNC(CO)c1ccccc1. The van der Waals surface area contributed by atoms with E-state index in [1.165, 1.54) is 0 Å². The molecule has 3 heteroatoms. The van der Waals surface area contributed by atoms with Gasteiger partial charge in [-0.25, -0.2) is 0 Å². The van der Waals surface area contributed by atoms with Crippen molar-refractivity contribution in [2.75, 3.05) is 13.2 Å². The molecule has 15 heavy (non-hydrogen) atoms. The van der Waals surface area contributed by atoms with Crippen LogP contribution in [0.15, 0.2) is 41.4 Å². The van der Waals surface area contributed by atoms with E-state index in [1.807, 2.05) is 37.3 Å². The van der Waals surface area contributed by atoms with Crippen LogP contribution in [0.4, 0.5) is 0 Å². The third-order valence-electron chi connectivity index (χ3n) is 2.20. The highest BCUT2D eigenvalue weighted by Gasteiger charge is 2.08. The van der Waals surface area contributed by atoms with Crippen LogP contribution in [0.1, 0.15) is 18.5 Å². The van der Waals surface area contributed by atoms with E-state index in [0.29, 0.717) is 6.54 Å². The predicted molar refractivity (Wildman–Crippen MR) is 63.9 cm³/mol. The van der Waals surface area contributed by atoms with E-state index in [1.54, 1.807) is 5.54 Å². The molecule has 0 saturated heterocycles. The molecule has 1 aromatic rings. The van der Waals surface area contributed by atoms with Crippen molar-refractivity contribution in [2.24, 2.45) is 0 Å². The maximum absolute atomic E-state index is 9.25. The van der Waals surface area contributed by atoms with Crippen molar-refractivity contribution < 1.29 is 5.11 Å². The average Bonchev–Trinajstić information content (AvgIpc) is 2.31. The number of aliphatic hydroxyl groups is 1. The Morgan fingerprint density at radius 1 is 1.47 bits per heavy atom. The number of nitrogens with one attached hydrogen (secondary N) is 1. The van der Waals surface area contributed by atoms with Crippen LogP contribution in [0.2, 0.25) is 0 Å². The molecule has 82 valence electrons. The molecule has 1 unspecified atom stereocenters. The summed E-state index contributed by atoms with van der Waals surface area (Å²) >= 11 is 5.56. The zero-order chi connectivity index (χ0) is 11.1. The van der Waals surface area contributed by atoms with E-state index >= 15 is 0 Å². The summed E-state index contributed by atoms with van der Waals surface area (Å²) in [7, 11) is 0. The van der Waals surface area contributed by atoms with Crippen molar-refractivity contribution in [1.82, 2.24) is 5.32 Å². The van der Waals surface area contributed by atoms with Gasteiger partial charge in [-0.2, -0.15) is 0 Å². The minimum absolute atomic E-state index is 0.0298. The van der Waals surface area contributed by atoms with Gasteiger partial charge in [-0.1, -0.05) is 41.9 Å². The number of aliphatic hydroxyl groups excluding tert-OH is 1. The molecule has 0 aliphatic heterocycles. The second kappa shape index (κ2) is 6.62. The monoisotopic (exact) mass is 225 g/mol. The van der Waals surface area contributed by atoms with Gasteiger partial charge in [0.1, 0.15) is 0 Å². The van der Waals surface area contributed by atoms with Crippen molar-refractivity contribution >= 4 is 11.6 Å². The van der Waals surface area contributed by atoms with Gasteiger partial charge >= 0.3 is 0 Å². The van der Waals surface area contributed by atoms with Crippen LogP contribution in [-0.2, 0) is 0 Å². The third kappa shape index (κ3) is 4.04. The van der Waals surface area contributed by atoms with Crippen LogP contribution in [0.25, 0.3) is 0 Å². The molecule has 0 radical (unpaired) electrons. The highest BCUT2D eigenvalue weighted by molar-refractivity contribution is 6.25. The lowest BCUT2D eigenvalue weighted by molar-refractivity contribution is 0.247. The molecule has 0 heterocycles. The van der Waals surface area contributed by atoms with Crippen LogP contribution in [0.3, 0.4) is 0 Å². The topological polar surface area (TPSA) is 32.3 Å². The third-order valence-corrected chi connectivity index (χ3v) is 2.57. The van der Waals surface area contributed by atoms with Crippen molar-refractivity contribution in [3.63, 3.8) is 0 Å². The van der Waals surface area contributed by atoms with Gasteiger partial charge in [-0.15, -0.1) is 0 Å². The van der Waals surface area contributed by atoms with E-state index in [2.05, 4.69) is 5.32 Å². The largest absolute Gasteiger partial charge is 0.394 e. The zero-order valence-electron chi connectivity index (χ0n) is 8.78. The van der Waals surface area contributed by atoms with E-state index in [9.17, 15) is 5.11 Å². The fourth-order valence-electron chi connectivity index (χ4n) is 1.30. The van der Waals surface area contributed by atoms with Crippen molar-refractivity contribution in [1.29, 1.82) is 0 Å². The Labute approximate surface area is 95.6 Å². The molecule has 0 spiro atoms. The summed E-state index contributed by atoms with van der Waals surface area (Å²) in [6.45, 7) is 2.71. The maximum Gasteiger partial charge on any atom is 0.0626 e. The molecule has 0 bridgehead atoms. The Balaban J connectivity index is 2.57. The average molecular weight is 226 g/mol. The molecular weight excluding hydrogens is 210 g/mol. The molecule has 0 aliphatic rings. The van der Waals surface area contributed by atoms with Crippen molar-refractivity contribution in [2.45, 2.75) is 13.0 Å². The summed E-state index contributed by atoms with van der Waals surface area (Å²) in [4.78, 5) is 0. The summed E-state index contributed by atoms with van der Waals surface area (Å²) in [5.74, 6) is 0. The number of hydrogen-bond acceptors (Lipinski definition) is 2. The van der Waals surface area contributed by atoms with Crippen LogP contribution in [0.5, 0.6) is 0 Å². The summed E-state index contributed by atoms with van der Waals surface area (Å²) in [6, 6.07) is 9.84. The number of hydrogen-bond donors (Lipinski definition) is 2. The second-order valence-electron chi connectivity index (χ2n) is 3.48. The van der Waals surface area contributed by atoms with Gasteiger partial charge in [0.25, 0.3) is 0 Å². The number of rotatable bonds is 5. The van der Waals surface area contributed by atoms with Crippen LogP contribution in [-0.4, -0.2) is 18.3 Å². The van der Waals surface area contributed by atoms with E-state index in [4.69, 9.17) is 11.6 Å². The molecule has 0 amide bonds. The number of halogens is 1. The highest BCUT2D eigenvalue weighted by Crippen LogP contribution is 2.11. The van der Waals surface area contributed by atoms with Gasteiger partial charge in [0, 0.05) is 12.1 Å². The summed E-state index contributed by atoms with van der Waals surface area (Å²) in [5, 5.41) is 12.5. The lowest BCUT2D eigenvalue weighted by Crippen LogP contribution is -2.25. The number of benzene rings is 1. The molecule has 1 atom stereocenters. The summed E-state index contributed by atoms with van der Waals surface area (Å²) in [5.41, 5.74) is 3.68. The molecule has 2 nitrogen and oxygen atoms in total. The van der Waals surface area contributed by atoms with Gasteiger partial charge in [0.05, 0.1) is 12.6 Å². The molecule has 0 saturated carbocycles. The first-order chi connectivity index (χ1) is 7.27. The molecular formula is C12H16ClNO. The van der Waals surface area contributed by atoms with Gasteiger partial charge in [0.15, 0.2) is 0 Å². The standard InChI is InChI=1S/C12H16ClNO/c1-10(7-13)8-14-12(9-15)11-5-3-2-4-6-11/h2-7,12,14-15H,8-9H2,1H3/b10-7-. The van der Waals surface area contributed by atoms with Gasteiger partial charge in [0.2, 0.25) is 0 Å². The molecule has 1 aromatic carbocycles. The first-order valence-corrected chi connectivity index (χ1v) is 5.36. The Hall–Kier alpha value is -0.830. The maximum atomic E-state index is 9.25. The fraction of sp³-hybridized carbons (Fsp3) is 0.333. The normalized spacial score (nSPS) is 13.9. The van der Waals surface area contributed by atoms with Crippen LogP contribution < -0.4 is 5.32 Å². The van der Waals surface area contributed by atoms with E-state index in [0.717, 1.165) is 11.1 Å². The fourth-order valence-corrected chi connectivity index (χ4v) is 1.37. The Morgan fingerprint density at radius 3 is 2.67 bits per heavy atom. The zero-order valence-corrected chi connectivity index (χ0v) is 9.54. The van der Waals surface area contributed by atoms with Gasteiger partial charge in [-0.3, -0.25) is 0 Å². The van der Waals surface area contributed by atoms with Crippen molar-refractivity contribution in [3.05, 3.63) is 47.0 Å². The molecule has 2 N–H and O–H groups in total. The first kappa shape index (κ1) is 12.2. The lowest BCUT2D eigenvalue weighted by atomic mass is 10.1. The molecule has 0 aromatic heterocycles. The summed E-state index contributed by atoms with van der Waals surface area (Å²) in [6.07, 6.45) is 0. The first-order valence-electron chi connectivity index (χ1n) is 4.93. The quantitative estimate of drug-likeness (QED) is 0.807. The van der Waals surface area contributed by atoms with E-state index < -0.39 is 0 Å². The van der Waals surface area contributed by atoms with Crippen molar-refractivity contribution in [3.8, 4) is 0 Å². The smallest absolute Gasteiger partial charge is 0.0626 e. The van der Waals surface area contributed by atoms with Gasteiger partial charge in [-0.05, 0) is 18.1 Å².